The summed E-state index contributed by atoms with van der Waals surface area (Å²) in [5.74, 6) is 0.0136. The Hall–Kier alpha value is -0.810. The molecule has 1 rings (SSSR count). The van der Waals surface area contributed by atoms with Crippen molar-refractivity contribution in [2.75, 3.05) is 19.7 Å². The van der Waals surface area contributed by atoms with Crippen LogP contribution in [0.25, 0.3) is 0 Å². The Kier molecular flexibility index (Phi) is 8.62. The fourth-order valence-corrected chi connectivity index (χ4v) is 2.49. The third-order valence-corrected chi connectivity index (χ3v) is 3.74. The van der Waals surface area contributed by atoms with Crippen molar-refractivity contribution in [3.8, 4) is 0 Å². The molecule has 0 unspecified atom stereocenters. The van der Waals surface area contributed by atoms with Gasteiger partial charge in [0.1, 0.15) is 5.69 Å². The van der Waals surface area contributed by atoms with Gasteiger partial charge in [0.2, 0.25) is 0 Å². The lowest BCUT2D eigenvalue weighted by Crippen LogP contribution is -2.33. The summed E-state index contributed by atoms with van der Waals surface area (Å²) in [6.07, 6.45) is 8.29. The highest BCUT2D eigenvalue weighted by molar-refractivity contribution is 9.10. The van der Waals surface area contributed by atoms with Gasteiger partial charge < -0.3 is 15.0 Å². The zero-order valence-electron chi connectivity index (χ0n) is 12.2. The van der Waals surface area contributed by atoms with E-state index in [-0.39, 0.29) is 12.5 Å². The number of aromatic amines is 1. The van der Waals surface area contributed by atoms with E-state index in [1.165, 1.54) is 19.3 Å². The zero-order valence-corrected chi connectivity index (χ0v) is 13.8. The lowest BCUT2D eigenvalue weighted by molar-refractivity contribution is 0.0736. The van der Waals surface area contributed by atoms with Crippen LogP contribution in [0.4, 0.5) is 0 Å². The maximum atomic E-state index is 12.4. The number of halogens is 1. The van der Waals surface area contributed by atoms with Gasteiger partial charge in [-0.1, -0.05) is 32.6 Å². The molecule has 4 nitrogen and oxygen atoms in total. The third-order valence-electron chi connectivity index (χ3n) is 3.28. The summed E-state index contributed by atoms with van der Waals surface area (Å²) in [5, 5.41) is 8.96. The molecule has 0 saturated heterocycles. The fraction of sp³-hybridized carbons (Fsp3) is 0.667. The molecule has 0 saturated carbocycles. The average molecular weight is 345 g/mol. The molecule has 114 valence electrons. The van der Waals surface area contributed by atoms with Crippen molar-refractivity contribution in [1.82, 2.24) is 9.88 Å². The van der Waals surface area contributed by atoms with Crippen LogP contribution in [0.3, 0.4) is 0 Å². The number of aromatic nitrogens is 1. The summed E-state index contributed by atoms with van der Waals surface area (Å²) < 4.78 is 0.880. The second-order valence-electron chi connectivity index (χ2n) is 5.02. The van der Waals surface area contributed by atoms with Crippen LogP contribution >= 0.6 is 15.9 Å². The lowest BCUT2D eigenvalue weighted by atomic mass is 10.1. The van der Waals surface area contributed by atoms with Crippen LogP contribution in [-0.2, 0) is 0 Å². The first-order chi connectivity index (χ1) is 9.69. The summed E-state index contributed by atoms with van der Waals surface area (Å²) in [5.41, 5.74) is 0.600. The summed E-state index contributed by atoms with van der Waals surface area (Å²) in [6.45, 7) is 3.69. The number of hydrogen-bond donors (Lipinski definition) is 2. The highest BCUT2D eigenvalue weighted by Crippen LogP contribution is 2.13. The molecule has 0 aliphatic carbocycles. The molecule has 1 amide bonds. The number of H-pyrrole nitrogens is 1. The van der Waals surface area contributed by atoms with E-state index in [0.717, 1.165) is 23.9 Å². The number of nitrogens with one attached hydrogen (secondary N) is 1. The first kappa shape index (κ1) is 17.2. The van der Waals surface area contributed by atoms with Gasteiger partial charge >= 0.3 is 0 Å². The van der Waals surface area contributed by atoms with Crippen LogP contribution in [0.1, 0.15) is 55.9 Å². The van der Waals surface area contributed by atoms with Crippen LogP contribution in [0, 0.1) is 0 Å². The monoisotopic (exact) mass is 344 g/mol. The molecule has 0 aromatic carbocycles. The molecular weight excluding hydrogens is 320 g/mol. The predicted molar refractivity (Wildman–Crippen MR) is 84.9 cm³/mol. The Morgan fingerprint density at radius 3 is 2.55 bits per heavy atom. The van der Waals surface area contributed by atoms with E-state index in [1.54, 1.807) is 12.3 Å². The standard InChI is InChI=1S/C15H25BrN2O2/c1-2-3-4-5-6-8-18(9-7-10-19)15(20)14-11-13(16)12-17-14/h11-12,17,19H,2-10H2,1H3. The Morgan fingerprint density at radius 2 is 1.95 bits per heavy atom. The van der Waals surface area contributed by atoms with Crippen molar-refractivity contribution in [2.24, 2.45) is 0 Å². The number of nitrogens with zero attached hydrogens (tertiary/aromatic N) is 1. The molecule has 1 heterocycles. The van der Waals surface area contributed by atoms with Gasteiger partial charge in [-0.25, -0.2) is 0 Å². The maximum Gasteiger partial charge on any atom is 0.270 e. The minimum Gasteiger partial charge on any atom is -0.396 e. The van der Waals surface area contributed by atoms with Crippen molar-refractivity contribution in [3.05, 3.63) is 22.4 Å². The van der Waals surface area contributed by atoms with Crippen LogP contribution in [0.5, 0.6) is 0 Å². The van der Waals surface area contributed by atoms with Crippen molar-refractivity contribution in [2.45, 2.75) is 45.4 Å². The fourth-order valence-electron chi connectivity index (χ4n) is 2.14. The highest BCUT2D eigenvalue weighted by Gasteiger charge is 2.16. The molecule has 0 bridgehead atoms. The first-order valence-electron chi connectivity index (χ1n) is 7.43. The lowest BCUT2D eigenvalue weighted by Gasteiger charge is -2.21. The van der Waals surface area contributed by atoms with Crippen LogP contribution in [-0.4, -0.2) is 40.6 Å². The summed E-state index contributed by atoms with van der Waals surface area (Å²) in [4.78, 5) is 17.2. The Labute approximate surface area is 129 Å². The van der Waals surface area contributed by atoms with E-state index < -0.39 is 0 Å². The zero-order chi connectivity index (χ0) is 14.8. The van der Waals surface area contributed by atoms with Gasteiger partial charge in [-0.05, 0) is 34.8 Å². The van der Waals surface area contributed by atoms with Crippen LogP contribution in [0.2, 0.25) is 0 Å². The van der Waals surface area contributed by atoms with E-state index in [9.17, 15) is 4.79 Å². The topological polar surface area (TPSA) is 56.3 Å². The molecule has 0 aliphatic rings. The number of rotatable bonds is 10. The van der Waals surface area contributed by atoms with Crippen molar-refractivity contribution in [3.63, 3.8) is 0 Å². The third kappa shape index (κ3) is 6.09. The predicted octanol–water partition coefficient (Wildman–Crippen LogP) is 3.57. The molecule has 0 radical (unpaired) electrons. The number of carbonyl (C=O) groups is 1. The van der Waals surface area contributed by atoms with Crippen molar-refractivity contribution >= 4 is 21.8 Å². The van der Waals surface area contributed by atoms with E-state index in [0.29, 0.717) is 18.7 Å². The second-order valence-corrected chi connectivity index (χ2v) is 5.93. The number of amides is 1. The smallest absolute Gasteiger partial charge is 0.270 e. The summed E-state index contributed by atoms with van der Waals surface area (Å²) in [6, 6.07) is 1.80. The van der Waals surface area contributed by atoms with Crippen molar-refractivity contribution in [1.29, 1.82) is 0 Å². The Balaban J connectivity index is 2.47. The molecule has 5 heteroatoms. The number of carbonyl (C=O) groups excluding carboxylic acids is 1. The minimum absolute atomic E-state index is 0.0136. The van der Waals surface area contributed by atoms with E-state index in [2.05, 4.69) is 27.8 Å². The van der Waals surface area contributed by atoms with Gasteiger partial charge in [-0.15, -0.1) is 0 Å². The number of unbranched alkanes of at least 4 members (excludes halogenated alkanes) is 4. The van der Waals surface area contributed by atoms with Gasteiger partial charge in [-0.3, -0.25) is 4.79 Å². The molecule has 0 spiro atoms. The highest BCUT2D eigenvalue weighted by atomic mass is 79.9. The first-order valence-corrected chi connectivity index (χ1v) is 8.22. The van der Waals surface area contributed by atoms with Gasteiger partial charge in [0.25, 0.3) is 5.91 Å². The largest absolute Gasteiger partial charge is 0.396 e. The second kappa shape index (κ2) is 10.00. The van der Waals surface area contributed by atoms with E-state index >= 15 is 0 Å². The van der Waals surface area contributed by atoms with Gasteiger partial charge in [0.05, 0.1) is 0 Å². The minimum atomic E-state index is 0.0136. The number of aliphatic hydroxyl groups is 1. The Bertz CT molecular complexity index is 393. The van der Waals surface area contributed by atoms with E-state index in [1.807, 2.05) is 4.90 Å². The van der Waals surface area contributed by atoms with Gasteiger partial charge in [-0.2, -0.15) is 0 Å². The molecule has 0 fully saturated rings. The average Bonchev–Trinajstić information content (AvgIpc) is 2.88. The van der Waals surface area contributed by atoms with Gasteiger partial charge in [0.15, 0.2) is 0 Å². The summed E-state index contributed by atoms with van der Waals surface area (Å²) in [7, 11) is 0. The van der Waals surface area contributed by atoms with Gasteiger partial charge in [0, 0.05) is 30.4 Å². The molecule has 20 heavy (non-hydrogen) atoms. The van der Waals surface area contributed by atoms with Crippen LogP contribution in [0.15, 0.2) is 16.7 Å². The number of aliphatic hydroxyl groups excluding tert-OH is 1. The van der Waals surface area contributed by atoms with Crippen molar-refractivity contribution < 1.29 is 9.90 Å². The molecule has 1 aromatic rings. The quantitative estimate of drug-likeness (QED) is 0.637. The van der Waals surface area contributed by atoms with E-state index in [4.69, 9.17) is 5.11 Å². The molecule has 1 aromatic heterocycles. The molecular formula is C15H25BrN2O2. The maximum absolute atomic E-state index is 12.4. The molecule has 2 N–H and O–H groups in total. The molecule has 0 aliphatic heterocycles. The molecule has 0 atom stereocenters. The SMILES string of the molecule is CCCCCCCN(CCCO)C(=O)c1cc(Br)c[nH]1. The number of hydrogen-bond acceptors (Lipinski definition) is 2. The normalized spacial score (nSPS) is 10.8. The summed E-state index contributed by atoms with van der Waals surface area (Å²) >= 11 is 3.34. The van der Waals surface area contributed by atoms with Crippen LogP contribution < -0.4 is 0 Å². The Morgan fingerprint density at radius 1 is 1.25 bits per heavy atom.